The quantitative estimate of drug-likeness (QED) is 0.744. The zero-order valence-electron chi connectivity index (χ0n) is 10.3. The molecular formula is C14H18ClNO. The second kappa shape index (κ2) is 5.18. The maximum Gasteiger partial charge on any atom is 0.167 e. The van der Waals surface area contributed by atoms with Crippen molar-refractivity contribution in [1.82, 2.24) is 4.98 Å². The van der Waals surface area contributed by atoms with E-state index in [2.05, 4.69) is 18.8 Å². The Labute approximate surface area is 107 Å². The lowest BCUT2D eigenvalue weighted by molar-refractivity contribution is 0.0836. The number of ketones is 1. The third kappa shape index (κ3) is 2.86. The largest absolute Gasteiger partial charge is 0.294 e. The molecule has 0 radical (unpaired) electrons. The third-order valence-electron chi connectivity index (χ3n) is 3.59. The van der Waals surface area contributed by atoms with Crippen LogP contribution in [0.3, 0.4) is 0 Å². The van der Waals surface area contributed by atoms with Gasteiger partial charge in [0.15, 0.2) is 5.78 Å². The molecule has 1 saturated carbocycles. The summed E-state index contributed by atoms with van der Waals surface area (Å²) in [6, 6.07) is 1.73. The van der Waals surface area contributed by atoms with Crippen LogP contribution in [-0.4, -0.2) is 10.8 Å². The predicted molar refractivity (Wildman–Crippen MR) is 69.2 cm³/mol. The highest BCUT2D eigenvalue weighted by Crippen LogP contribution is 2.35. The van der Waals surface area contributed by atoms with Crippen molar-refractivity contribution < 1.29 is 4.79 Å². The lowest BCUT2D eigenvalue weighted by atomic mass is 9.74. The smallest absolute Gasteiger partial charge is 0.167 e. The normalized spacial score (nSPS) is 29.0. The van der Waals surface area contributed by atoms with Gasteiger partial charge in [0.05, 0.1) is 5.02 Å². The number of Topliss-reactive ketones (excluding diaryl/α,β-unsaturated/α-hetero) is 1. The molecule has 1 aromatic rings. The lowest BCUT2D eigenvalue weighted by Crippen LogP contribution is -2.26. The Bertz CT molecular complexity index is 408. The predicted octanol–water partition coefficient (Wildman–Crippen LogP) is 3.99. The van der Waals surface area contributed by atoms with Gasteiger partial charge in [0.2, 0.25) is 0 Å². The van der Waals surface area contributed by atoms with Crippen LogP contribution >= 0.6 is 11.6 Å². The van der Waals surface area contributed by atoms with Crippen molar-refractivity contribution in [3.63, 3.8) is 0 Å². The monoisotopic (exact) mass is 251 g/mol. The zero-order chi connectivity index (χ0) is 12.4. The van der Waals surface area contributed by atoms with Gasteiger partial charge in [-0.2, -0.15) is 0 Å². The van der Waals surface area contributed by atoms with E-state index in [9.17, 15) is 4.79 Å². The fraction of sp³-hybridized carbons (Fsp3) is 0.571. The standard InChI is InChI=1S/C14H18ClNO/c1-9-5-10(2)7-11(6-9)14(17)12-3-4-16-8-13(12)15/h3-4,8-11H,5-7H2,1-2H3. The number of pyridine rings is 1. The highest BCUT2D eigenvalue weighted by molar-refractivity contribution is 6.33. The van der Waals surface area contributed by atoms with E-state index in [0.29, 0.717) is 22.4 Å². The highest BCUT2D eigenvalue weighted by atomic mass is 35.5. The summed E-state index contributed by atoms with van der Waals surface area (Å²) in [6.07, 6.45) is 6.39. The van der Waals surface area contributed by atoms with Crippen molar-refractivity contribution in [2.45, 2.75) is 33.1 Å². The van der Waals surface area contributed by atoms with Crippen LogP contribution in [-0.2, 0) is 0 Å². The van der Waals surface area contributed by atoms with Crippen molar-refractivity contribution >= 4 is 17.4 Å². The molecule has 1 aliphatic rings. The van der Waals surface area contributed by atoms with Crippen molar-refractivity contribution in [2.24, 2.45) is 17.8 Å². The van der Waals surface area contributed by atoms with E-state index in [4.69, 9.17) is 11.6 Å². The maximum atomic E-state index is 12.4. The number of hydrogen-bond acceptors (Lipinski definition) is 2. The summed E-state index contributed by atoms with van der Waals surface area (Å²) < 4.78 is 0. The van der Waals surface area contributed by atoms with E-state index < -0.39 is 0 Å². The number of nitrogens with zero attached hydrogens (tertiary/aromatic N) is 1. The fourth-order valence-electron chi connectivity index (χ4n) is 2.96. The van der Waals surface area contributed by atoms with E-state index in [1.807, 2.05) is 0 Å². The van der Waals surface area contributed by atoms with Gasteiger partial charge in [0, 0.05) is 23.9 Å². The molecule has 0 aromatic carbocycles. The van der Waals surface area contributed by atoms with E-state index in [1.54, 1.807) is 18.5 Å². The Morgan fingerprint density at radius 1 is 1.29 bits per heavy atom. The van der Waals surface area contributed by atoms with Gasteiger partial charge in [-0.25, -0.2) is 0 Å². The van der Waals surface area contributed by atoms with Gasteiger partial charge in [-0.3, -0.25) is 9.78 Å². The summed E-state index contributed by atoms with van der Waals surface area (Å²) >= 11 is 6.03. The molecule has 2 nitrogen and oxygen atoms in total. The molecule has 1 aromatic heterocycles. The minimum Gasteiger partial charge on any atom is -0.294 e. The molecule has 0 N–H and O–H groups in total. The summed E-state index contributed by atoms with van der Waals surface area (Å²) in [5.41, 5.74) is 0.632. The van der Waals surface area contributed by atoms with Crippen LogP contribution in [0.25, 0.3) is 0 Å². The number of rotatable bonds is 2. The summed E-state index contributed by atoms with van der Waals surface area (Å²) in [5.74, 6) is 1.59. The van der Waals surface area contributed by atoms with Gasteiger partial charge in [-0.05, 0) is 37.2 Å². The first-order valence-electron chi connectivity index (χ1n) is 6.21. The molecule has 2 atom stereocenters. The van der Waals surface area contributed by atoms with Crippen LogP contribution in [0.4, 0.5) is 0 Å². The molecule has 0 bridgehead atoms. The Hall–Kier alpha value is -0.890. The molecule has 92 valence electrons. The molecule has 1 heterocycles. The molecule has 1 aliphatic carbocycles. The van der Waals surface area contributed by atoms with Gasteiger partial charge in [0.25, 0.3) is 0 Å². The van der Waals surface area contributed by atoms with Gasteiger partial charge >= 0.3 is 0 Å². The highest BCUT2D eigenvalue weighted by Gasteiger charge is 2.30. The molecule has 0 amide bonds. The lowest BCUT2D eigenvalue weighted by Gasteiger charge is -2.30. The minimum atomic E-state index is 0.133. The van der Waals surface area contributed by atoms with E-state index in [-0.39, 0.29) is 11.7 Å². The zero-order valence-corrected chi connectivity index (χ0v) is 11.1. The number of halogens is 1. The van der Waals surface area contributed by atoms with Crippen LogP contribution in [0.15, 0.2) is 18.5 Å². The van der Waals surface area contributed by atoms with Crippen LogP contribution in [0.5, 0.6) is 0 Å². The molecule has 3 heteroatoms. The minimum absolute atomic E-state index is 0.133. The average molecular weight is 252 g/mol. The number of aromatic nitrogens is 1. The molecule has 1 fully saturated rings. The molecule has 2 unspecified atom stereocenters. The van der Waals surface area contributed by atoms with Gasteiger partial charge in [-0.1, -0.05) is 25.4 Å². The van der Waals surface area contributed by atoms with Crippen LogP contribution in [0.2, 0.25) is 5.02 Å². The fourth-order valence-corrected chi connectivity index (χ4v) is 3.17. The van der Waals surface area contributed by atoms with Crippen molar-refractivity contribution in [3.8, 4) is 0 Å². The first-order valence-corrected chi connectivity index (χ1v) is 6.59. The Balaban J connectivity index is 2.17. The second-order valence-electron chi connectivity index (χ2n) is 5.33. The van der Waals surface area contributed by atoms with E-state index >= 15 is 0 Å². The second-order valence-corrected chi connectivity index (χ2v) is 5.74. The van der Waals surface area contributed by atoms with Gasteiger partial charge < -0.3 is 0 Å². The molecule has 0 aliphatic heterocycles. The topological polar surface area (TPSA) is 30.0 Å². The molecule has 17 heavy (non-hydrogen) atoms. The molecule has 0 saturated heterocycles. The Morgan fingerprint density at radius 2 is 1.94 bits per heavy atom. The summed E-state index contributed by atoms with van der Waals surface area (Å²) in [5, 5.41) is 0.475. The number of carbonyl (C=O) groups excluding carboxylic acids is 1. The van der Waals surface area contributed by atoms with Gasteiger partial charge in [0.1, 0.15) is 0 Å². The Morgan fingerprint density at radius 3 is 2.53 bits per heavy atom. The third-order valence-corrected chi connectivity index (χ3v) is 3.89. The maximum absolute atomic E-state index is 12.4. The SMILES string of the molecule is CC1CC(C)CC(C(=O)c2ccncc2Cl)C1. The number of carbonyl (C=O) groups is 1. The van der Waals surface area contributed by atoms with Crippen molar-refractivity contribution in [3.05, 3.63) is 29.0 Å². The first-order chi connectivity index (χ1) is 8.08. The van der Waals surface area contributed by atoms with Crippen molar-refractivity contribution in [2.75, 3.05) is 0 Å². The van der Waals surface area contributed by atoms with Gasteiger partial charge in [-0.15, -0.1) is 0 Å². The van der Waals surface area contributed by atoms with Crippen LogP contribution in [0.1, 0.15) is 43.5 Å². The summed E-state index contributed by atoms with van der Waals surface area (Å²) in [6.45, 7) is 4.45. The number of hydrogen-bond donors (Lipinski definition) is 0. The molecule has 2 rings (SSSR count). The average Bonchev–Trinajstić information content (AvgIpc) is 2.27. The summed E-state index contributed by atoms with van der Waals surface area (Å²) in [7, 11) is 0. The molecule has 0 spiro atoms. The van der Waals surface area contributed by atoms with E-state index in [1.165, 1.54) is 6.42 Å². The van der Waals surface area contributed by atoms with Crippen molar-refractivity contribution in [1.29, 1.82) is 0 Å². The molecular weight excluding hydrogens is 234 g/mol. The van der Waals surface area contributed by atoms with E-state index in [0.717, 1.165) is 12.8 Å². The first kappa shape index (κ1) is 12.6. The van der Waals surface area contributed by atoms with Crippen LogP contribution < -0.4 is 0 Å². The van der Waals surface area contributed by atoms with Crippen LogP contribution in [0, 0.1) is 17.8 Å². The Kier molecular flexibility index (Phi) is 3.82. The summed E-state index contributed by atoms with van der Waals surface area (Å²) in [4.78, 5) is 16.3.